The molecular weight excluding hydrogens is 217 g/mol. The number of halogens is 3. The fourth-order valence-corrected chi connectivity index (χ4v) is 1.55. The molecule has 16 heavy (non-hydrogen) atoms. The number of hydrogen-bond acceptors (Lipinski definition) is 2. The second-order valence-electron chi connectivity index (χ2n) is 3.77. The lowest BCUT2D eigenvalue weighted by atomic mass is 10.0. The quantitative estimate of drug-likeness (QED) is 0.866. The average Bonchev–Trinajstić information content (AvgIpc) is 2.16. The maximum absolute atomic E-state index is 12.5. The lowest BCUT2D eigenvalue weighted by Crippen LogP contribution is -2.15. The van der Waals surface area contributed by atoms with E-state index in [1.54, 1.807) is 19.0 Å². The van der Waals surface area contributed by atoms with E-state index in [1.807, 2.05) is 0 Å². The average molecular weight is 232 g/mol. The van der Waals surface area contributed by atoms with Crippen LogP contribution in [0.15, 0.2) is 18.2 Å². The molecular formula is C11H15F3N2. The van der Waals surface area contributed by atoms with E-state index < -0.39 is 11.7 Å². The van der Waals surface area contributed by atoms with Crippen LogP contribution in [-0.4, -0.2) is 20.6 Å². The first kappa shape index (κ1) is 12.8. The summed E-state index contributed by atoms with van der Waals surface area (Å²) < 4.78 is 37.5. The minimum absolute atomic E-state index is 0.335. The van der Waals surface area contributed by atoms with Gasteiger partial charge in [0.25, 0.3) is 0 Å². The van der Waals surface area contributed by atoms with Gasteiger partial charge in [-0.1, -0.05) is 0 Å². The molecule has 0 bridgehead atoms. The van der Waals surface area contributed by atoms with Gasteiger partial charge in [-0.15, -0.1) is 0 Å². The summed E-state index contributed by atoms with van der Waals surface area (Å²) in [5, 5.41) is 0. The summed E-state index contributed by atoms with van der Waals surface area (Å²) in [6, 6.07) is 3.74. The number of nitrogens with zero attached hydrogens (tertiary/aromatic N) is 1. The topological polar surface area (TPSA) is 29.3 Å². The fourth-order valence-electron chi connectivity index (χ4n) is 1.55. The van der Waals surface area contributed by atoms with Crippen molar-refractivity contribution in [2.75, 3.05) is 25.5 Å². The molecule has 5 heteroatoms. The highest BCUT2D eigenvalue weighted by molar-refractivity contribution is 5.54. The Balaban J connectivity index is 3.17. The van der Waals surface area contributed by atoms with Crippen molar-refractivity contribution in [3.8, 4) is 0 Å². The Bertz CT molecular complexity index is 359. The molecule has 0 aromatic heterocycles. The summed E-state index contributed by atoms with van der Waals surface area (Å²) in [7, 11) is 3.59. The van der Waals surface area contributed by atoms with Crippen molar-refractivity contribution in [3.05, 3.63) is 29.3 Å². The summed E-state index contributed by atoms with van der Waals surface area (Å²) >= 11 is 0. The van der Waals surface area contributed by atoms with E-state index in [0.717, 1.165) is 11.8 Å². The third kappa shape index (κ3) is 2.88. The Morgan fingerprint density at radius 2 is 1.88 bits per heavy atom. The monoisotopic (exact) mass is 232 g/mol. The molecule has 0 saturated carbocycles. The van der Waals surface area contributed by atoms with Crippen LogP contribution in [-0.2, 0) is 12.6 Å². The van der Waals surface area contributed by atoms with Gasteiger partial charge in [-0.2, -0.15) is 13.2 Å². The van der Waals surface area contributed by atoms with Gasteiger partial charge >= 0.3 is 6.18 Å². The van der Waals surface area contributed by atoms with Gasteiger partial charge < -0.3 is 10.6 Å². The Hall–Kier alpha value is -1.23. The third-order valence-corrected chi connectivity index (χ3v) is 2.30. The summed E-state index contributed by atoms with van der Waals surface area (Å²) in [5.41, 5.74) is 6.17. The second-order valence-corrected chi connectivity index (χ2v) is 3.77. The van der Waals surface area contributed by atoms with Crippen LogP contribution >= 0.6 is 0 Å². The molecule has 0 fully saturated rings. The van der Waals surface area contributed by atoms with E-state index in [4.69, 9.17) is 5.73 Å². The van der Waals surface area contributed by atoms with Gasteiger partial charge in [-0.05, 0) is 36.7 Å². The number of alkyl halides is 3. The van der Waals surface area contributed by atoms with E-state index in [1.165, 1.54) is 12.1 Å². The minimum Gasteiger partial charge on any atom is -0.377 e. The zero-order chi connectivity index (χ0) is 12.3. The largest absolute Gasteiger partial charge is 0.416 e. The molecule has 0 atom stereocenters. The molecule has 0 aliphatic rings. The molecule has 2 N–H and O–H groups in total. The highest BCUT2D eigenvalue weighted by Crippen LogP contribution is 2.32. The Kier molecular flexibility index (Phi) is 3.80. The highest BCUT2D eigenvalue weighted by Gasteiger charge is 2.30. The van der Waals surface area contributed by atoms with Gasteiger partial charge in [0, 0.05) is 19.8 Å². The van der Waals surface area contributed by atoms with E-state index in [-0.39, 0.29) is 0 Å². The van der Waals surface area contributed by atoms with Crippen LogP contribution in [0.4, 0.5) is 18.9 Å². The van der Waals surface area contributed by atoms with Crippen molar-refractivity contribution >= 4 is 5.69 Å². The summed E-state index contributed by atoms with van der Waals surface area (Å²) in [6.45, 7) is 0.335. The van der Waals surface area contributed by atoms with Gasteiger partial charge in [-0.3, -0.25) is 0 Å². The number of rotatable bonds is 3. The first-order chi connectivity index (χ1) is 7.36. The molecule has 0 amide bonds. The highest BCUT2D eigenvalue weighted by atomic mass is 19.4. The number of benzene rings is 1. The molecule has 0 saturated heterocycles. The lowest BCUT2D eigenvalue weighted by molar-refractivity contribution is -0.137. The molecule has 1 aromatic carbocycles. The van der Waals surface area contributed by atoms with Crippen LogP contribution in [0.3, 0.4) is 0 Å². The molecule has 0 unspecified atom stereocenters. The van der Waals surface area contributed by atoms with Crippen molar-refractivity contribution in [2.24, 2.45) is 5.73 Å². The van der Waals surface area contributed by atoms with Crippen LogP contribution in [0.2, 0.25) is 0 Å². The molecule has 0 aliphatic heterocycles. The van der Waals surface area contributed by atoms with Crippen molar-refractivity contribution in [1.29, 1.82) is 0 Å². The van der Waals surface area contributed by atoms with Gasteiger partial charge in [0.2, 0.25) is 0 Å². The molecule has 2 nitrogen and oxygen atoms in total. The van der Waals surface area contributed by atoms with Crippen LogP contribution in [0.25, 0.3) is 0 Å². The van der Waals surface area contributed by atoms with Crippen molar-refractivity contribution in [1.82, 2.24) is 0 Å². The van der Waals surface area contributed by atoms with Crippen LogP contribution in [0, 0.1) is 0 Å². The van der Waals surface area contributed by atoms with Gasteiger partial charge in [0.1, 0.15) is 0 Å². The fraction of sp³-hybridized carbons (Fsp3) is 0.455. The minimum atomic E-state index is -4.30. The Labute approximate surface area is 92.9 Å². The van der Waals surface area contributed by atoms with E-state index in [0.29, 0.717) is 18.5 Å². The first-order valence-corrected chi connectivity index (χ1v) is 4.93. The van der Waals surface area contributed by atoms with E-state index in [9.17, 15) is 13.2 Å². The second kappa shape index (κ2) is 4.74. The molecule has 1 aromatic rings. The number of anilines is 1. The van der Waals surface area contributed by atoms with Crippen LogP contribution in [0.1, 0.15) is 11.1 Å². The van der Waals surface area contributed by atoms with Gasteiger partial charge in [0.15, 0.2) is 0 Å². The van der Waals surface area contributed by atoms with Crippen molar-refractivity contribution in [2.45, 2.75) is 12.6 Å². The summed E-state index contributed by atoms with van der Waals surface area (Å²) in [4.78, 5) is 1.78. The molecule has 0 radical (unpaired) electrons. The molecule has 0 spiro atoms. The molecule has 0 heterocycles. The molecule has 1 rings (SSSR count). The van der Waals surface area contributed by atoms with Gasteiger partial charge in [-0.25, -0.2) is 0 Å². The zero-order valence-corrected chi connectivity index (χ0v) is 9.30. The van der Waals surface area contributed by atoms with Crippen LogP contribution in [0.5, 0.6) is 0 Å². The zero-order valence-electron chi connectivity index (χ0n) is 9.30. The standard InChI is InChI=1S/C11H15F3N2/c1-16(2)10-4-3-9(11(12,13)14)7-8(10)5-6-15/h3-4,7H,5-6,15H2,1-2H3. The maximum Gasteiger partial charge on any atom is 0.416 e. The first-order valence-electron chi connectivity index (χ1n) is 4.93. The number of nitrogens with two attached hydrogens (primary N) is 1. The Morgan fingerprint density at radius 1 is 1.25 bits per heavy atom. The summed E-state index contributed by atoms with van der Waals surface area (Å²) in [5.74, 6) is 0. The van der Waals surface area contributed by atoms with Crippen molar-refractivity contribution < 1.29 is 13.2 Å². The normalized spacial score (nSPS) is 11.6. The van der Waals surface area contributed by atoms with E-state index >= 15 is 0 Å². The maximum atomic E-state index is 12.5. The molecule has 90 valence electrons. The number of hydrogen-bond donors (Lipinski definition) is 1. The predicted molar refractivity (Wildman–Crippen MR) is 58.5 cm³/mol. The van der Waals surface area contributed by atoms with Crippen molar-refractivity contribution in [3.63, 3.8) is 0 Å². The van der Waals surface area contributed by atoms with Gasteiger partial charge in [0.05, 0.1) is 5.56 Å². The summed E-state index contributed by atoms with van der Waals surface area (Å²) in [6.07, 6.45) is -3.86. The lowest BCUT2D eigenvalue weighted by Gasteiger charge is -2.19. The van der Waals surface area contributed by atoms with Crippen LogP contribution < -0.4 is 10.6 Å². The Morgan fingerprint density at radius 3 is 2.31 bits per heavy atom. The van der Waals surface area contributed by atoms with E-state index in [2.05, 4.69) is 0 Å². The smallest absolute Gasteiger partial charge is 0.377 e. The molecule has 0 aliphatic carbocycles. The SMILES string of the molecule is CN(C)c1ccc(C(F)(F)F)cc1CCN. The predicted octanol–water partition coefficient (Wildman–Crippen LogP) is 2.27. The third-order valence-electron chi connectivity index (χ3n) is 2.30.